The fourth-order valence-corrected chi connectivity index (χ4v) is 7.01. The number of aliphatic hydroxyl groups excluding tert-OH is 2. The Hall–Kier alpha value is -1.29. The van der Waals surface area contributed by atoms with Gasteiger partial charge >= 0.3 is 19.8 Å². The number of phosphoric ester groups is 1. The van der Waals surface area contributed by atoms with Crippen LogP contribution in [0.4, 0.5) is 0 Å². The normalized spacial score (nSPS) is 13.9. The first-order valence-electron chi connectivity index (χ1n) is 22.1. The molecule has 0 spiro atoms. The molecule has 0 radical (unpaired) electrons. The fraction of sp³-hybridized carbons (Fsp3) is 0.907. The van der Waals surface area contributed by atoms with Crippen LogP contribution < -0.4 is 0 Å². The van der Waals surface area contributed by atoms with Crippen molar-refractivity contribution in [2.45, 2.75) is 225 Å². The Morgan fingerprint density at radius 3 is 1.33 bits per heavy atom. The Kier molecular flexibility index (Phi) is 39.0. The van der Waals surface area contributed by atoms with Crippen LogP contribution in [0.2, 0.25) is 0 Å². The molecule has 0 aromatic rings. The lowest BCUT2D eigenvalue weighted by Gasteiger charge is -2.20. The number of aliphatic hydroxyl groups is 2. The van der Waals surface area contributed by atoms with Gasteiger partial charge in [-0.1, -0.05) is 174 Å². The molecule has 0 aliphatic carbocycles. The van der Waals surface area contributed by atoms with Gasteiger partial charge in [-0.25, -0.2) is 4.57 Å². The molecule has 0 saturated carbocycles. The van der Waals surface area contributed by atoms with Gasteiger partial charge in [0.1, 0.15) is 12.7 Å². The highest BCUT2D eigenvalue weighted by Crippen LogP contribution is 2.43. The number of hydrogen-bond donors (Lipinski definition) is 3. The molecule has 0 aromatic carbocycles. The molecule has 0 heterocycles. The second-order valence-electron chi connectivity index (χ2n) is 15.1. The first kappa shape index (κ1) is 52.7. The van der Waals surface area contributed by atoms with E-state index in [0.29, 0.717) is 12.8 Å². The van der Waals surface area contributed by atoms with E-state index in [2.05, 4.69) is 30.5 Å². The van der Waals surface area contributed by atoms with Crippen molar-refractivity contribution in [1.82, 2.24) is 0 Å². The van der Waals surface area contributed by atoms with Crippen molar-refractivity contribution >= 4 is 19.8 Å². The Bertz CT molecular complexity index is 915. The maximum absolute atomic E-state index is 12.6. The van der Waals surface area contributed by atoms with E-state index in [-0.39, 0.29) is 19.4 Å². The Morgan fingerprint density at radius 1 is 0.537 bits per heavy atom. The van der Waals surface area contributed by atoms with Gasteiger partial charge in [-0.3, -0.25) is 18.6 Å². The molecule has 0 amide bonds. The Balaban J connectivity index is 4.25. The van der Waals surface area contributed by atoms with Crippen LogP contribution in [0, 0.1) is 0 Å². The summed E-state index contributed by atoms with van der Waals surface area (Å²) in [6, 6.07) is 0. The lowest BCUT2D eigenvalue weighted by molar-refractivity contribution is -0.161. The number of unbranched alkanes of at least 4 members (excludes halogenated alkanes) is 26. The Morgan fingerprint density at radius 2 is 0.907 bits per heavy atom. The van der Waals surface area contributed by atoms with E-state index in [9.17, 15) is 24.2 Å². The van der Waals surface area contributed by atoms with Crippen molar-refractivity contribution in [3.63, 3.8) is 0 Å². The Labute approximate surface area is 330 Å². The van der Waals surface area contributed by atoms with Gasteiger partial charge in [0.2, 0.25) is 0 Å². The van der Waals surface area contributed by atoms with Crippen LogP contribution in [-0.4, -0.2) is 65.7 Å². The van der Waals surface area contributed by atoms with Crippen molar-refractivity contribution in [3.05, 3.63) is 12.2 Å². The zero-order chi connectivity index (χ0) is 39.8. The largest absolute Gasteiger partial charge is 0.472 e. The standard InChI is InChI=1S/C43H83O10P/c1-3-5-7-9-11-13-15-17-19-20-21-23-24-26-28-30-32-34-42(46)50-38-41(39-52-54(48,49)51-37-40(45)36-44)53-43(47)35-33-31-29-27-25-22-18-16-14-12-10-8-6-4-2/h16,18,40-41,44-45H,3-15,17,19-39H2,1-2H3,(H,48,49)/b18-16+/t40-,41+/m0/s1. The van der Waals surface area contributed by atoms with E-state index < -0.39 is 51.8 Å². The zero-order valence-electron chi connectivity index (χ0n) is 34.7. The number of carbonyl (C=O) groups excluding carboxylic acids is 2. The highest BCUT2D eigenvalue weighted by molar-refractivity contribution is 7.47. The van der Waals surface area contributed by atoms with E-state index in [1.165, 1.54) is 116 Å². The lowest BCUT2D eigenvalue weighted by atomic mass is 10.0. The second-order valence-corrected chi connectivity index (χ2v) is 16.5. The van der Waals surface area contributed by atoms with Crippen LogP contribution in [0.25, 0.3) is 0 Å². The summed E-state index contributed by atoms with van der Waals surface area (Å²) in [6.07, 6.45) is 37.5. The van der Waals surface area contributed by atoms with Crippen molar-refractivity contribution < 1.29 is 47.8 Å². The van der Waals surface area contributed by atoms with Crippen LogP contribution >= 0.6 is 7.82 Å². The van der Waals surface area contributed by atoms with E-state index in [0.717, 1.165) is 57.8 Å². The number of carbonyl (C=O) groups is 2. The van der Waals surface area contributed by atoms with Gasteiger partial charge in [0.25, 0.3) is 0 Å². The minimum Gasteiger partial charge on any atom is -0.462 e. The van der Waals surface area contributed by atoms with Gasteiger partial charge in [0.05, 0.1) is 19.8 Å². The first-order chi connectivity index (χ1) is 26.2. The molecular weight excluding hydrogens is 707 g/mol. The number of allylic oxidation sites excluding steroid dienone is 2. The van der Waals surface area contributed by atoms with E-state index >= 15 is 0 Å². The number of hydrogen-bond acceptors (Lipinski definition) is 9. The predicted molar refractivity (Wildman–Crippen MR) is 219 cm³/mol. The van der Waals surface area contributed by atoms with Crippen molar-refractivity contribution in [3.8, 4) is 0 Å². The molecule has 3 atom stereocenters. The monoisotopic (exact) mass is 791 g/mol. The average Bonchev–Trinajstić information content (AvgIpc) is 3.16. The van der Waals surface area contributed by atoms with Crippen LogP contribution in [0.5, 0.6) is 0 Å². The van der Waals surface area contributed by atoms with Crippen LogP contribution in [0.3, 0.4) is 0 Å². The van der Waals surface area contributed by atoms with Gasteiger partial charge < -0.3 is 24.6 Å². The zero-order valence-corrected chi connectivity index (χ0v) is 35.6. The van der Waals surface area contributed by atoms with Gasteiger partial charge in [-0.15, -0.1) is 0 Å². The highest BCUT2D eigenvalue weighted by atomic mass is 31.2. The van der Waals surface area contributed by atoms with E-state index in [1.807, 2.05) is 0 Å². The van der Waals surface area contributed by atoms with Gasteiger partial charge in [0, 0.05) is 12.8 Å². The maximum atomic E-state index is 12.6. The minimum atomic E-state index is -4.61. The minimum absolute atomic E-state index is 0.178. The van der Waals surface area contributed by atoms with Crippen molar-refractivity contribution in [1.29, 1.82) is 0 Å². The number of esters is 2. The van der Waals surface area contributed by atoms with Gasteiger partial charge in [-0.2, -0.15) is 0 Å². The van der Waals surface area contributed by atoms with Gasteiger partial charge in [0.15, 0.2) is 6.10 Å². The van der Waals surface area contributed by atoms with E-state index in [4.69, 9.17) is 19.1 Å². The molecule has 0 aliphatic rings. The van der Waals surface area contributed by atoms with Gasteiger partial charge in [-0.05, 0) is 38.5 Å². The smallest absolute Gasteiger partial charge is 0.462 e. The molecule has 3 N–H and O–H groups in total. The molecular formula is C43H83O10P. The van der Waals surface area contributed by atoms with Crippen LogP contribution in [-0.2, 0) is 32.7 Å². The third kappa shape index (κ3) is 39.0. The van der Waals surface area contributed by atoms with E-state index in [1.54, 1.807) is 0 Å². The highest BCUT2D eigenvalue weighted by Gasteiger charge is 2.27. The topological polar surface area (TPSA) is 149 Å². The third-order valence-corrected chi connectivity index (χ3v) is 10.6. The molecule has 10 nitrogen and oxygen atoms in total. The molecule has 320 valence electrons. The van der Waals surface area contributed by atoms with Crippen LogP contribution in [0.1, 0.15) is 213 Å². The summed E-state index contributed by atoms with van der Waals surface area (Å²) in [5, 5.41) is 18.3. The lowest BCUT2D eigenvalue weighted by Crippen LogP contribution is -2.29. The first-order valence-corrected chi connectivity index (χ1v) is 23.6. The summed E-state index contributed by atoms with van der Waals surface area (Å²) in [4.78, 5) is 35.0. The number of rotatable bonds is 42. The predicted octanol–water partition coefficient (Wildman–Crippen LogP) is 11.6. The summed E-state index contributed by atoms with van der Waals surface area (Å²) in [6.45, 7) is 2.39. The second kappa shape index (κ2) is 39.9. The summed E-state index contributed by atoms with van der Waals surface area (Å²) in [7, 11) is -4.61. The molecule has 0 bridgehead atoms. The van der Waals surface area contributed by atoms with Crippen molar-refractivity contribution in [2.24, 2.45) is 0 Å². The third-order valence-electron chi connectivity index (χ3n) is 9.67. The summed E-state index contributed by atoms with van der Waals surface area (Å²) < 4.78 is 32.7. The molecule has 54 heavy (non-hydrogen) atoms. The quantitative estimate of drug-likeness (QED) is 0.0236. The SMILES string of the molecule is CCCCCCC/C=C/CCCCCCCC(=O)O[C@H](COC(=O)CCCCCCCCCCCCCCCCCCC)COP(=O)(O)OC[C@@H](O)CO. The summed E-state index contributed by atoms with van der Waals surface area (Å²) in [5.74, 6) is -0.924. The van der Waals surface area contributed by atoms with Crippen LogP contribution in [0.15, 0.2) is 12.2 Å². The molecule has 1 unspecified atom stereocenters. The molecule has 0 aromatic heterocycles. The molecule has 11 heteroatoms. The number of phosphoric acid groups is 1. The number of ether oxygens (including phenoxy) is 2. The molecule has 0 fully saturated rings. The average molecular weight is 791 g/mol. The fourth-order valence-electron chi connectivity index (χ4n) is 6.22. The summed E-state index contributed by atoms with van der Waals surface area (Å²) in [5.41, 5.74) is 0. The molecule has 0 rings (SSSR count). The van der Waals surface area contributed by atoms with Crippen molar-refractivity contribution in [2.75, 3.05) is 26.4 Å². The summed E-state index contributed by atoms with van der Waals surface area (Å²) >= 11 is 0. The maximum Gasteiger partial charge on any atom is 0.472 e. The molecule has 0 saturated heterocycles. The molecule has 0 aliphatic heterocycles.